The van der Waals surface area contributed by atoms with Crippen LogP contribution < -0.4 is 10.5 Å². The Balaban J connectivity index is 1.63. The molecule has 0 bridgehead atoms. The van der Waals surface area contributed by atoms with E-state index in [-0.39, 0.29) is 28.9 Å². The molecule has 0 aliphatic carbocycles. The first-order chi connectivity index (χ1) is 18.5. The van der Waals surface area contributed by atoms with E-state index >= 15 is 0 Å². The first kappa shape index (κ1) is 27.2. The quantitative estimate of drug-likeness (QED) is 0.145. The second-order valence-electron chi connectivity index (χ2n) is 9.04. The number of nitrogens with zero attached hydrogens (tertiary/aromatic N) is 3. The number of nitro benzene ring substituents is 1. The zero-order chi connectivity index (χ0) is 28.3. The molecule has 1 aromatic heterocycles. The van der Waals surface area contributed by atoms with Crippen molar-refractivity contribution in [1.29, 1.82) is 0 Å². The van der Waals surface area contributed by atoms with Crippen molar-refractivity contribution in [2.24, 2.45) is 0 Å². The molecule has 0 amide bonds. The van der Waals surface area contributed by atoms with Crippen LogP contribution in [0.1, 0.15) is 32.6 Å². The Hall–Kier alpha value is -4.82. The van der Waals surface area contributed by atoms with Crippen LogP contribution in [0, 0.1) is 29.4 Å². The van der Waals surface area contributed by atoms with E-state index < -0.39 is 25.8 Å². The number of nitrogens with one attached hydrogen (secondary N) is 1. The van der Waals surface area contributed by atoms with Crippen molar-refractivity contribution in [3.63, 3.8) is 0 Å². The molecule has 1 unspecified atom stereocenters. The molecule has 1 atom stereocenters. The molecule has 0 aliphatic rings. The van der Waals surface area contributed by atoms with Crippen LogP contribution in [0.4, 0.5) is 11.4 Å². The van der Waals surface area contributed by atoms with Gasteiger partial charge in [-0.05, 0) is 54.4 Å². The number of carbonyl (C=O) groups is 1. The van der Waals surface area contributed by atoms with E-state index in [2.05, 4.69) is 15.9 Å². The van der Waals surface area contributed by atoms with Gasteiger partial charge in [0.15, 0.2) is 15.6 Å². The summed E-state index contributed by atoms with van der Waals surface area (Å²) in [6.45, 7) is 2.30. The molecule has 1 heterocycles. The van der Waals surface area contributed by atoms with Gasteiger partial charge in [-0.2, -0.15) is 0 Å². The predicted molar refractivity (Wildman–Crippen MR) is 148 cm³/mol. The van der Waals surface area contributed by atoms with Gasteiger partial charge in [0, 0.05) is 36.2 Å². The minimum Gasteiger partial charge on any atom is -0.356 e. The molecular weight excluding hydrogens is 520 g/mol. The summed E-state index contributed by atoms with van der Waals surface area (Å²) < 4.78 is 25.2. The van der Waals surface area contributed by atoms with Gasteiger partial charge in [0.25, 0.3) is 11.2 Å². The number of H-pyrrole nitrogens is 1. The number of fused-ring (bicyclic) bond motifs is 1. The summed E-state index contributed by atoms with van der Waals surface area (Å²) in [5.41, 5.74) is 1.66. The fourth-order valence-corrected chi connectivity index (χ4v) is 5.52. The monoisotopic (exact) mass is 544 g/mol. The number of benzene rings is 3. The van der Waals surface area contributed by atoms with Gasteiger partial charge in [0.2, 0.25) is 0 Å². The van der Waals surface area contributed by atoms with E-state index in [1.807, 2.05) is 11.0 Å². The van der Waals surface area contributed by atoms with Crippen molar-refractivity contribution in [2.45, 2.75) is 18.7 Å². The Labute approximate surface area is 224 Å². The lowest BCUT2D eigenvalue weighted by Crippen LogP contribution is -2.24. The average Bonchev–Trinajstić information content (AvgIpc) is 2.88. The number of sulfone groups is 1. The largest absolute Gasteiger partial charge is 0.356 e. The number of terminal acetylenes is 1. The number of non-ortho nitro benzene ring substituents is 1. The predicted octanol–water partition coefficient (Wildman–Crippen LogP) is 3.75. The Morgan fingerprint density at radius 3 is 2.51 bits per heavy atom. The van der Waals surface area contributed by atoms with Crippen LogP contribution in [0.3, 0.4) is 0 Å². The lowest BCUT2D eigenvalue weighted by molar-refractivity contribution is -0.384. The summed E-state index contributed by atoms with van der Waals surface area (Å²) in [4.78, 5) is 45.1. The molecular formula is C28H24N4O6S. The molecule has 0 aliphatic heterocycles. The van der Waals surface area contributed by atoms with Crippen molar-refractivity contribution < 1.29 is 18.1 Å². The minimum absolute atomic E-state index is 0.0192. The van der Waals surface area contributed by atoms with Crippen molar-refractivity contribution in [3.05, 3.63) is 110 Å². The molecule has 10 nitrogen and oxygen atoms in total. The smallest absolute Gasteiger partial charge is 0.269 e. The first-order valence-electron chi connectivity index (χ1n) is 11.7. The maximum absolute atomic E-state index is 13.3. The van der Waals surface area contributed by atoms with E-state index in [0.29, 0.717) is 29.0 Å². The average molecular weight is 545 g/mol. The van der Waals surface area contributed by atoms with Crippen LogP contribution in [-0.4, -0.2) is 41.9 Å². The number of rotatable bonds is 9. The lowest BCUT2D eigenvalue weighted by Gasteiger charge is -2.23. The number of ketones is 1. The van der Waals surface area contributed by atoms with Gasteiger partial charge in [-0.25, -0.2) is 13.4 Å². The Morgan fingerprint density at radius 1 is 1.15 bits per heavy atom. The number of aromatic amines is 1. The van der Waals surface area contributed by atoms with Crippen LogP contribution in [0.5, 0.6) is 0 Å². The third-order valence-corrected chi connectivity index (χ3v) is 7.45. The lowest BCUT2D eigenvalue weighted by atomic mass is 10.0. The summed E-state index contributed by atoms with van der Waals surface area (Å²) in [6.07, 6.45) is 6.51. The third-order valence-electron chi connectivity index (χ3n) is 6.11. The number of anilines is 1. The topological polar surface area (TPSA) is 143 Å². The van der Waals surface area contributed by atoms with E-state index in [1.165, 1.54) is 30.3 Å². The number of hydrogen-bond donors (Lipinski definition) is 1. The number of carbonyl (C=O) groups excluding carboxylic acids is 1. The Kier molecular flexibility index (Phi) is 7.60. The maximum atomic E-state index is 13.3. The van der Waals surface area contributed by atoms with Gasteiger partial charge in [-0.1, -0.05) is 24.1 Å². The highest BCUT2D eigenvalue weighted by molar-refractivity contribution is 7.91. The second kappa shape index (κ2) is 10.9. The van der Waals surface area contributed by atoms with Crippen LogP contribution in [0.25, 0.3) is 10.9 Å². The fraction of sp³-hybridized carbons (Fsp3) is 0.179. The SMILES string of the molecule is C#CCN(Cc1ccc2nc(C)[nH]c(=O)c2c1)c1ccc(C(=O)C(c2cccc([N+](=O)[O-])c2)S(C)(=O)=O)cc1. The van der Waals surface area contributed by atoms with Gasteiger partial charge in [0.1, 0.15) is 11.1 Å². The zero-order valence-corrected chi connectivity index (χ0v) is 21.9. The van der Waals surface area contributed by atoms with Crippen LogP contribution in [-0.2, 0) is 16.4 Å². The third kappa shape index (κ3) is 6.02. The summed E-state index contributed by atoms with van der Waals surface area (Å²) in [5.74, 6) is 2.42. The number of nitro groups is 1. The van der Waals surface area contributed by atoms with Gasteiger partial charge >= 0.3 is 0 Å². The summed E-state index contributed by atoms with van der Waals surface area (Å²) in [5, 5.41) is 10.0. The van der Waals surface area contributed by atoms with E-state index in [0.717, 1.165) is 17.9 Å². The molecule has 1 N–H and O–H groups in total. The molecule has 0 spiro atoms. The first-order valence-corrected chi connectivity index (χ1v) is 13.7. The summed E-state index contributed by atoms with van der Waals surface area (Å²) in [6, 6.07) is 16.7. The molecule has 0 fully saturated rings. The minimum atomic E-state index is -3.95. The van der Waals surface area contributed by atoms with Crippen LogP contribution >= 0.6 is 0 Å². The van der Waals surface area contributed by atoms with E-state index in [1.54, 1.807) is 31.2 Å². The van der Waals surface area contributed by atoms with Crippen molar-refractivity contribution in [2.75, 3.05) is 17.7 Å². The summed E-state index contributed by atoms with van der Waals surface area (Å²) >= 11 is 0. The molecule has 4 aromatic rings. The molecule has 198 valence electrons. The van der Waals surface area contributed by atoms with Gasteiger partial charge in [-0.15, -0.1) is 6.42 Å². The number of Topliss-reactive ketones (excluding diaryl/α,β-unsaturated/α-hetero) is 1. The van der Waals surface area contributed by atoms with Crippen LogP contribution in [0.15, 0.2) is 71.5 Å². The normalized spacial score (nSPS) is 12.0. The molecule has 0 saturated carbocycles. The van der Waals surface area contributed by atoms with E-state index in [9.17, 15) is 28.1 Å². The second-order valence-corrected chi connectivity index (χ2v) is 11.2. The zero-order valence-electron chi connectivity index (χ0n) is 21.1. The van der Waals surface area contributed by atoms with Gasteiger partial charge in [-0.3, -0.25) is 19.7 Å². The molecule has 3 aromatic carbocycles. The standard InChI is InChI=1S/C28H24N4O6S/c1-4-14-31(17-19-8-13-25-24(15-19)28(34)30-18(2)29-25)22-11-9-20(10-12-22)26(33)27(39(3,37)38)21-6-5-7-23(16-21)32(35)36/h1,5-13,15-16,27H,14,17H2,2-3H3,(H,29,30,34). The molecule has 11 heteroatoms. The molecule has 0 saturated heterocycles. The molecule has 39 heavy (non-hydrogen) atoms. The van der Waals surface area contributed by atoms with E-state index in [4.69, 9.17) is 6.42 Å². The maximum Gasteiger partial charge on any atom is 0.269 e. The van der Waals surface area contributed by atoms with Crippen molar-refractivity contribution >= 4 is 37.9 Å². The Bertz CT molecular complexity index is 1790. The molecule has 0 radical (unpaired) electrons. The highest BCUT2D eigenvalue weighted by atomic mass is 32.2. The fourth-order valence-electron chi connectivity index (χ4n) is 4.35. The summed E-state index contributed by atoms with van der Waals surface area (Å²) in [7, 11) is -3.95. The number of hydrogen-bond acceptors (Lipinski definition) is 8. The molecule has 4 rings (SSSR count). The van der Waals surface area contributed by atoms with Crippen molar-refractivity contribution in [3.8, 4) is 12.3 Å². The van der Waals surface area contributed by atoms with Crippen LogP contribution in [0.2, 0.25) is 0 Å². The highest BCUT2D eigenvalue weighted by Gasteiger charge is 2.32. The number of aryl methyl sites for hydroxylation is 1. The van der Waals surface area contributed by atoms with Gasteiger partial charge < -0.3 is 9.88 Å². The number of aromatic nitrogens is 2. The van der Waals surface area contributed by atoms with Gasteiger partial charge in [0.05, 0.1) is 22.4 Å². The Morgan fingerprint density at radius 2 is 1.87 bits per heavy atom. The highest BCUT2D eigenvalue weighted by Crippen LogP contribution is 2.30. The van der Waals surface area contributed by atoms with Crippen molar-refractivity contribution in [1.82, 2.24) is 9.97 Å².